The van der Waals surface area contributed by atoms with Crippen LogP contribution in [-0.4, -0.2) is 0 Å². The number of rotatable bonds is 0. The van der Waals surface area contributed by atoms with Crippen molar-refractivity contribution in [2.24, 2.45) is 23.7 Å². The van der Waals surface area contributed by atoms with Crippen molar-refractivity contribution in [1.29, 1.82) is 0 Å². The molecule has 0 heterocycles. The van der Waals surface area contributed by atoms with E-state index in [2.05, 4.69) is 0 Å². The Morgan fingerprint density at radius 2 is 1.75 bits per heavy atom. The summed E-state index contributed by atoms with van der Waals surface area (Å²) in [5.41, 5.74) is 0. The Labute approximate surface area is 50.3 Å². The summed E-state index contributed by atoms with van der Waals surface area (Å²) < 4.78 is 0. The van der Waals surface area contributed by atoms with Crippen molar-refractivity contribution >= 4 is 0 Å². The van der Waals surface area contributed by atoms with Crippen LogP contribution in [0.2, 0.25) is 0 Å². The first-order valence-corrected chi connectivity index (χ1v) is 3.95. The Morgan fingerprint density at radius 3 is 2.12 bits per heavy atom. The second-order valence-corrected chi connectivity index (χ2v) is 3.90. The fourth-order valence-electron chi connectivity index (χ4n) is 3.42. The molecule has 44 valence electrons. The van der Waals surface area contributed by atoms with Gasteiger partial charge in [-0.1, -0.05) is 0 Å². The molecular formula is C8H12. The molecule has 0 aromatic rings. The van der Waals surface area contributed by atoms with Crippen molar-refractivity contribution < 1.29 is 0 Å². The molecule has 4 atom stereocenters. The van der Waals surface area contributed by atoms with Gasteiger partial charge in [-0.15, -0.1) is 0 Å². The van der Waals surface area contributed by atoms with Gasteiger partial charge in [0, 0.05) is 0 Å². The minimum absolute atomic E-state index is 1.21. The Morgan fingerprint density at radius 1 is 0.750 bits per heavy atom. The topological polar surface area (TPSA) is 0 Å². The zero-order valence-electron chi connectivity index (χ0n) is 5.14. The van der Waals surface area contributed by atoms with Gasteiger partial charge in [-0.2, -0.15) is 0 Å². The third kappa shape index (κ3) is 0.240. The Kier molecular flexibility index (Phi) is 0.482. The molecule has 4 aliphatic carbocycles. The van der Waals surface area contributed by atoms with Crippen LogP contribution >= 0.6 is 0 Å². The van der Waals surface area contributed by atoms with E-state index < -0.39 is 0 Å². The smallest absolute Gasteiger partial charge is 0.0352 e. The van der Waals surface area contributed by atoms with Crippen molar-refractivity contribution in [2.45, 2.75) is 25.7 Å². The molecule has 4 bridgehead atoms. The van der Waals surface area contributed by atoms with Gasteiger partial charge in [0.15, 0.2) is 0 Å². The second-order valence-electron chi connectivity index (χ2n) is 3.90. The summed E-state index contributed by atoms with van der Waals surface area (Å²) in [6, 6.07) is 0. The molecule has 0 heteroatoms. The molecule has 0 nitrogen and oxygen atoms in total. The zero-order chi connectivity index (χ0) is 5.14. The van der Waals surface area contributed by atoms with Gasteiger partial charge in [0.25, 0.3) is 0 Å². The standard InChI is InChI=1S/C8H12/c1-2-7-6-3-5(1)8(7)4-6/h5-8H,1-4H2/t5?,6?,7?,8-/m0/s1. The largest absolute Gasteiger partial charge is 0.0499 e. The molecule has 0 aliphatic heterocycles. The van der Waals surface area contributed by atoms with E-state index >= 15 is 0 Å². The highest BCUT2D eigenvalue weighted by molar-refractivity contribution is 5.05. The fraction of sp³-hybridized carbons (Fsp3) is 1.00. The molecular weight excluding hydrogens is 96.1 g/mol. The minimum atomic E-state index is 1.21. The molecule has 0 radical (unpaired) electrons. The lowest BCUT2D eigenvalue weighted by Crippen LogP contribution is -2.24. The van der Waals surface area contributed by atoms with Crippen LogP contribution in [0.15, 0.2) is 0 Å². The summed E-state index contributed by atoms with van der Waals surface area (Å²) in [5, 5.41) is 0. The van der Waals surface area contributed by atoms with Gasteiger partial charge in [0.05, 0.1) is 0 Å². The third-order valence-electron chi connectivity index (χ3n) is 3.81. The molecule has 4 rings (SSSR count). The lowest BCUT2D eigenvalue weighted by molar-refractivity contribution is 0.172. The van der Waals surface area contributed by atoms with Gasteiger partial charge < -0.3 is 0 Å². The number of hydrogen-bond acceptors (Lipinski definition) is 0. The first-order valence-electron chi connectivity index (χ1n) is 3.95. The molecule has 8 heavy (non-hydrogen) atoms. The predicted octanol–water partition coefficient (Wildman–Crippen LogP) is 2.05. The first-order chi connectivity index (χ1) is 3.95. The maximum atomic E-state index is 1.62. The van der Waals surface area contributed by atoms with Crippen LogP contribution in [0.3, 0.4) is 0 Å². The monoisotopic (exact) mass is 108 g/mol. The van der Waals surface area contributed by atoms with Gasteiger partial charge in [0.1, 0.15) is 0 Å². The summed E-state index contributed by atoms with van der Waals surface area (Å²) in [5.74, 6) is 4.91. The van der Waals surface area contributed by atoms with Crippen molar-refractivity contribution in [3.63, 3.8) is 0 Å². The Bertz CT molecular complexity index is 118. The van der Waals surface area contributed by atoms with Gasteiger partial charge >= 0.3 is 0 Å². The SMILES string of the molecule is C1CC2C3CC1[C@@H]2C3. The molecule has 4 aliphatic rings. The summed E-state index contributed by atoms with van der Waals surface area (Å²) in [7, 11) is 0. The molecule has 0 amide bonds. The average molecular weight is 108 g/mol. The third-order valence-corrected chi connectivity index (χ3v) is 3.81. The van der Waals surface area contributed by atoms with E-state index in [1.54, 1.807) is 25.7 Å². The summed E-state index contributed by atoms with van der Waals surface area (Å²) >= 11 is 0. The highest BCUT2D eigenvalue weighted by Gasteiger charge is 2.56. The van der Waals surface area contributed by atoms with Crippen LogP contribution in [-0.2, 0) is 0 Å². The van der Waals surface area contributed by atoms with Crippen molar-refractivity contribution in [3.05, 3.63) is 0 Å². The zero-order valence-corrected chi connectivity index (χ0v) is 5.14. The Balaban J connectivity index is 2.06. The van der Waals surface area contributed by atoms with Crippen LogP contribution in [0.25, 0.3) is 0 Å². The van der Waals surface area contributed by atoms with Crippen LogP contribution in [0.1, 0.15) is 25.7 Å². The highest BCUT2D eigenvalue weighted by Crippen LogP contribution is 2.64. The van der Waals surface area contributed by atoms with Gasteiger partial charge in [-0.3, -0.25) is 0 Å². The molecule has 4 saturated carbocycles. The fourth-order valence-corrected chi connectivity index (χ4v) is 3.42. The quantitative estimate of drug-likeness (QED) is 0.445. The molecule has 4 fully saturated rings. The van der Waals surface area contributed by atoms with Crippen molar-refractivity contribution in [2.75, 3.05) is 0 Å². The summed E-state index contributed by atoms with van der Waals surface area (Å²) in [4.78, 5) is 0. The molecule has 0 aromatic heterocycles. The van der Waals surface area contributed by atoms with Gasteiger partial charge in [-0.25, -0.2) is 0 Å². The average Bonchev–Trinajstić information content (AvgIpc) is 2.25. The van der Waals surface area contributed by atoms with Crippen molar-refractivity contribution in [3.8, 4) is 0 Å². The maximum absolute atomic E-state index is 1.62. The first kappa shape index (κ1) is 3.92. The van der Waals surface area contributed by atoms with Gasteiger partial charge in [-0.05, 0) is 49.4 Å². The van der Waals surface area contributed by atoms with E-state index in [1.165, 1.54) is 23.7 Å². The lowest BCUT2D eigenvalue weighted by atomic mass is 9.73. The van der Waals surface area contributed by atoms with Crippen LogP contribution < -0.4 is 0 Å². The van der Waals surface area contributed by atoms with Crippen LogP contribution in [0.5, 0.6) is 0 Å². The molecule has 0 spiro atoms. The summed E-state index contributed by atoms with van der Waals surface area (Å²) in [6.07, 6.45) is 6.43. The highest BCUT2D eigenvalue weighted by atomic mass is 14.6. The molecule has 0 aromatic carbocycles. The molecule has 0 saturated heterocycles. The number of hydrogen-bond donors (Lipinski definition) is 0. The van der Waals surface area contributed by atoms with E-state index in [0.717, 1.165) is 0 Å². The lowest BCUT2D eigenvalue weighted by Gasteiger charge is -2.32. The van der Waals surface area contributed by atoms with E-state index in [0.29, 0.717) is 0 Å². The van der Waals surface area contributed by atoms with Crippen LogP contribution in [0.4, 0.5) is 0 Å². The van der Waals surface area contributed by atoms with Crippen molar-refractivity contribution in [1.82, 2.24) is 0 Å². The molecule has 0 N–H and O–H groups in total. The second kappa shape index (κ2) is 0.984. The summed E-state index contributed by atoms with van der Waals surface area (Å²) in [6.45, 7) is 0. The van der Waals surface area contributed by atoms with Gasteiger partial charge in [0.2, 0.25) is 0 Å². The van der Waals surface area contributed by atoms with E-state index in [1.807, 2.05) is 0 Å². The van der Waals surface area contributed by atoms with E-state index in [-0.39, 0.29) is 0 Å². The normalized spacial score (nSPS) is 66.0. The predicted molar refractivity (Wildman–Crippen MR) is 32.4 cm³/mol. The Hall–Kier alpha value is 0. The molecule has 3 unspecified atom stereocenters. The maximum Gasteiger partial charge on any atom is -0.0352 e. The van der Waals surface area contributed by atoms with Crippen LogP contribution in [0, 0.1) is 23.7 Å². The van der Waals surface area contributed by atoms with E-state index in [4.69, 9.17) is 0 Å². The van der Waals surface area contributed by atoms with E-state index in [9.17, 15) is 0 Å². The minimum Gasteiger partial charge on any atom is -0.0499 e.